The average Bonchev–Trinajstić information content (AvgIpc) is 3.18. The fraction of sp³-hybridized carbons (Fsp3) is 0.368. The van der Waals surface area contributed by atoms with Gasteiger partial charge in [0, 0.05) is 12.2 Å². The zero-order valence-electron chi connectivity index (χ0n) is 15.2. The molecule has 2 aromatic heterocycles. The second-order valence-electron chi connectivity index (χ2n) is 7.07. The second-order valence-corrected chi connectivity index (χ2v) is 7.47. The van der Waals surface area contributed by atoms with Gasteiger partial charge in [0.05, 0.1) is 11.2 Å². The molecule has 1 aliphatic rings. The minimum Gasteiger partial charge on any atom is -0.354 e. The highest BCUT2D eigenvalue weighted by molar-refractivity contribution is 6.31. The summed E-state index contributed by atoms with van der Waals surface area (Å²) in [5.41, 5.74) is 7.56. The van der Waals surface area contributed by atoms with E-state index in [0.717, 1.165) is 19.5 Å². The minimum atomic E-state index is -0.475. The summed E-state index contributed by atoms with van der Waals surface area (Å²) >= 11 is 5.86. The fourth-order valence-corrected chi connectivity index (χ4v) is 3.74. The van der Waals surface area contributed by atoms with E-state index >= 15 is 0 Å². The quantitative estimate of drug-likeness (QED) is 0.578. The van der Waals surface area contributed by atoms with Crippen LogP contribution in [0.5, 0.6) is 0 Å². The van der Waals surface area contributed by atoms with Gasteiger partial charge < -0.3 is 16.4 Å². The van der Waals surface area contributed by atoms with Crippen LogP contribution >= 0.6 is 11.6 Å². The molecule has 1 aliphatic carbocycles. The molecule has 1 aromatic carbocycles. The van der Waals surface area contributed by atoms with Gasteiger partial charge in [-0.3, -0.25) is 0 Å². The molecule has 7 nitrogen and oxygen atoms in total. The molecular formula is C19H21ClFN7. The minimum absolute atomic E-state index is 0.0349. The molecule has 1 fully saturated rings. The van der Waals surface area contributed by atoms with Crippen LogP contribution in [0, 0.1) is 17.7 Å². The molecular weight excluding hydrogens is 381 g/mol. The smallest absolute Gasteiger partial charge is 0.223 e. The van der Waals surface area contributed by atoms with Crippen molar-refractivity contribution in [1.29, 1.82) is 0 Å². The Kier molecular flexibility index (Phi) is 5.50. The van der Waals surface area contributed by atoms with Gasteiger partial charge in [0.2, 0.25) is 5.95 Å². The molecule has 2 heterocycles. The zero-order valence-corrected chi connectivity index (χ0v) is 16.0. The normalized spacial score (nSPS) is 19.1. The molecule has 146 valence electrons. The van der Waals surface area contributed by atoms with Gasteiger partial charge in [-0.05, 0) is 55.8 Å². The summed E-state index contributed by atoms with van der Waals surface area (Å²) < 4.78 is 13.4. The van der Waals surface area contributed by atoms with Crippen molar-refractivity contribution in [2.45, 2.75) is 19.3 Å². The first-order chi connectivity index (χ1) is 13.6. The molecule has 0 spiro atoms. The number of halogens is 2. The monoisotopic (exact) mass is 401 g/mol. The Hall–Kier alpha value is -2.58. The maximum absolute atomic E-state index is 13.4. The highest BCUT2D eigenvalue weighted by Crippen LogP contribution is 2.30. The van der Waals surface area contributed by atoms with Gasteiger partial charge in [-0.1, -0.05) is 11.6 Å². The Morgan fingerprint density at radius 2 is 2.04 bits per heavy atom. The number of hydrogen-bond acceptors (Lipinski definition) is 7. The maximum Gasteiger partial charge on any atom is 0.223 e. The van der Waals surface area contributed by atoms with Crippen LogP contribution in [0.4, 0.5) is 21.8 Å². The number of nitrogens with zero attached hydrogens (tertiary/aromatic N) is 4. The van der Waals surface area contributed by atoms with Crippen molar-refractivity contribution < 1.29 is 4.39 Å². The lowest BCUT2D eigenvalue weighted by Crippen LogP contribution is -2.16. The molecule has 4 rings (SSSR count). The van der Waals surface area contributed by atoms with Crippen molar-refractivity contribution in [2.24, 2.45) is 17.6 Å². The van der Waals surface area contributed by atoms with Crippen molar-refractivity contribution in [3.63, 3.8) is 0 Å². The number of benzene rings is 1. The first-order valence-electron chi connectivity index (χ1n) is 9.26. The lowest BCUT2D eigenvalue weighted by Gasteiger charge is -2.12. The SMILES string of the molecule is NCC1CCC(CNc2ncc3ncnc(Nc4ccc(F)c(Cl)c4)c3n2)C1. The molecule has 2 atom stereocenters. The van der Waals surface area contributed by atoms with E-state index < -0.39 is 5.82 Å². The van der Waals surface area contributed by atoms with E-state index in [1.54, 1.807) is 12.3 Å². The van der Waals surface area contributed by atoms with Crippen LogP contribution in [0.3, 0.4) is 0 Å². The van der Waals surface area contributed by atoms with Crippen LogP contribution in [0.2, 0.25) is 5.02 Å². The topological polar surface area (TPSA) is 102 Å². The number of hydrogen-bond donors (Lipinski definition) is 3. The second kappa shape index (κ2) is 8.20. The van der Waals surface area contributed by atoms with Crippen molar-refractivity contribution in [2.75, 3.05) is 23.7 Å². The lowest BCUT2D eigenvalue weighted by atomic mass is 10.1. The summed E-state index contributed by atoms with van der Waals surface area (Å²) in [4.78, 5) is 17.4. The van der Waals surface area contributed by atoms with Gasteiger partial charge in [0.15, 0.2) is 5.82 Å². The number of aromatic nitrogens is 4. The molecule has 0 saturated heterocycles. The number of fused-ring (bicyclic) bond motifs is 1. The maximum atomic E-state index is 13.4. The molecule has 0 radical (unpaired) electrons. The third kappa shape index (κ3) is 4.13. The van der Waals surface area contributed by atoms with Crippen LogP contribution in [-0.4, -0.2) is 33.0 Å². The Bertz CT molecular complexity index is 984. The summed E-state index contributed by atoms with van der Waals surface area (Å²) in [7, 11) is 0. The summed E-state index contributed by atoms with van der Waals surface area (Å²) in [6.07, 6.45) is 6.58. The molecule has 4 N–H and O–H groups in total. The van der Waals surface area contributed by atoms with Gasteiger partial charge in [-0.25, -0.2) is 24.3 Å². The van der Waals surface area contributed by atoms with Crippen molar-refractivity contribution in [3.8, 4) is 0 Å². The Morgan fingerprint density at radius 1 is 1.18 bits per heavy atom. The first kappa shape index (κ1) is 18.8. The highest BCUT2D eigenvalue weighted by Gasteiger charge is 2.23. The summed E-state index contributed by atoms with van der Waals surface area (Å²) in [5.74, 6) is 1.76. The average molecular weight is 402 g/mol. The van der Waals surface area contributed by atoms with Crippen LogP contribution < -0.4 is 16.4 Å². The third-order valence-corrected chi connectivity index (χ3v) is 5.38. The molecule has 9 heteroatoms. The van der Waals surface area contributed by atoms with E-state index in [1.165, 1.54) is 31.3 Å². The summed E-state index contributed by atoms with van der Waals surface area (Å²) in [6, 6.07) is 4.38. The van der Waals surface area contributed by atoms with Crippen molar-refractivity contribution in [1.82, 2.24) is 19.9 Å². The molecule has 0 bridgehead atoms. The molecule has 2 unspecified atom stereocenters. The number of nitrogens with one attached hydrogen (secondary N) is 2. The highest BCUT2D eigenvalue weighted by atomic mass is 35.5. The van der Waals surface area contributed by atoms with E-state index in [1.807, 2.05) is 0 Å². The van der Waals surface area contributed by atoms with E-state index in [4.69, 9.17) is 17.3 Å². The van der Waals surface area contributed by atoms with E-state index in [-0.39, 0.29) is 5.02 Å². The molecule has 0 aliphatic heterocycles. The van der Waals surface area contributed by atoms with Gasteiger partial charge >= 0.3 is 0 Å². The van der Waals surface area contributed by atoms with E-state index in [0.29, 0.717) is 40.3 Å². The third-order valence-electron chi connectivity index (χ3n) is 5.09. The number of nitrogens with two attached hydrogens (primary N) is 1. The first-order valence-corrected chi connectivity index (χ1v) is 9.64. The van der Waals surface area contributed by atoms with Gasteiger partial charge in [0.1, 0.15) is 23.2 Å². The summed E-state index contributed by atoms with van der Waals surface area (Å²) in [6.45, 7) is 1.56. The zero-order chi connectivity index (χ0) is 19.5. The number of rotatable bonds is 6. The van der Waals surface area contributed by atoms with Crippen molar-refractivity contribution in [3.05, 3.63) is 41.6 Å². The predicted molar refractivity (Wildman–Crippen MR) is 108 cm³/mol. The fourth-order valence-electron chi connectivity index (χ4n) is 3.56. The molecule has 28 heavy (non-hydrogen) atoms. The predicted octanol–water partition coefficient (Wildman–Crippen LogP) is 3.74. The lowest BCUT2D eigenvalue weighted by molar-refractivity contribution is 0.512. The molecule has 3 aromatic rings. The van der Waals surface area contributed by atoms with Crippen LogP contribution in [0.15, 0.2) is 30.7 Å². The van der Waals surface area contributed by atoms with E-state index in [9.17, 15) is 4.39 Å². The Balaban J connectivity index is 1.53. The largest absolute Gasteiger partial charge is 0.354 e. The van der Waals surface area contributed by atoms with E-state index in [2.05, 4.69) is 30.6 Å². The van der Waals surface area contributed by atoms with Crippen LogP contribution in [-0.2, 0) is 0 Å². The van der Waals surface area contributed by atoms with Crippen LogP contribution in [0.25, 0.3) is 11.0 Å². The standard InChI is InChI=1S/C19H21ClFN7/c20-14-6-13(3-4-15(14)21)27-18-17-16(25-10-26-18)9-24-19(28-17)23-8-12-2-1-11(5-12)7-22/h3-4,6,9-12H,1-2,5,7-8,22H2,(H,23,24,28)(H,25,26,27). The van der Waals surface area contributed by atoms with Crippen molar-refractivity contribution >= 4 is 40.1 Å². The van der Waals surface area contributed by atoms with Gasteiger partial charge in [0.25, 0.3) is 0 Å². The molecule has 1 saturated carbocycles. The van der Waals surface area contributed by atoms with Crippen LogP contribution in [0.1, 0.15) is 19.3 Å². The summed E-state index contributed by atoms with van der Waals surface area (Å²) in [5, 5.41) is 6.47. The number of anilines is 3. The Labute approximate surface area is 167 Å². The van der Waals surface area contributed by atoms with Gasteiger partial charge in [-0.15, -0.1) is 0 Å². The Morgan fingerprint density at radius 3 is 2.82 bits per heavy atom. The van der Waals surface area contributed by atoms with Gasteiger partial charge in [-0.2, -0.15) is 0 Å². The molecule has 0 amide bonds.